The van der Waals surface area contributed by atoms with Gasteiger partial charge in [0.1, 0.15) is 5.75 Å². The van der Waals surface area contributed by atoms with Gasteiger partial charge in [0, 0.05) is 17.4 Å². The molecule has 0 atom stereocenters. The lowest BCUT2D eigenvalue weighted by atomic mass is 10.2. The molecule has 2 aromatic rings. The van der Waals surface area contributed by atoms with Crippen molar-refractivity contribution in [2.24, 2.45) is 0 Å². The molecule has 0 aromatic heterocycles. The second-order valence-electron chi connectivity index (χ2n) is 6.56. The topological polar surface area (TPSA) is 50.4 Å². The summed E-state index contributed by atoms with van der Waals surface area (Å²) in [6, 6.07) is 15.5. The molecule has 0 saturated heterocycles. The van der Waals surface area contributed by atoms with Gasteiger partial charge < -0.3 is 15.4 Å². The van der Waals surface area contributed by atoms with Crippen LogP contribution < -0.4 is 15.4 Å². The lowest BCUT2D eigenvalue weighted by Crippen LogP contribution is -2.21. The predicted molar refractivity (Wildman–Crippen MR) is 109 cm³/mol. The molecule has 0 radical (unpaired) electrons. The standard InChI is InChI=1S/C22H30N2O2/c1-3-4-5-6-7-14-26-21-13-9-12-20(16-21)24-22(25)17-23-19-11-8-10-18(2)15-19/h8-13,15-16,23H,3-7,14,17H2,1-2H3,(H,24,25). The van der Waals surface area contributed by atoms with Gasteiger partial charge in [-0.15, -0.1) is 0 Å². The zero-order valence-electron chi connectivity index (χ0n) is 15.9. The van der Waals surface area contributed by atoms with Gasteiger partial charge in [0.15, 0.2) is 0 Å². The molecule has 0 aliphatic carbocycles. The third kappa shape index (κ3) is 7.60. The maximum atomic E-state index is 12.1. The van der Waals surface area contributed by atoms with Crippen LogP contribution in [0.15, 0.2) is 48.5 Å². The molecule has 1 amide bonds. The molecule has 0 bridgehead atoms. The van der Waals surface area contributed by atoms with Crippen molar-refractivity contribution in [2.75, 3.05) is 23.8 Å². The molecule has 4 heteroatoms. The quantitative estimate of drug-likeness (QED) is 0.532. The highest BCUT2D eigenvalue weighted by Crippen LogP contribution is 2.18. The van der Waals surface area contributed by atoms with Crippen LogP contribution in [0.3, 0.4) is 0 Å². The number of hydrogen-bond acceptors (Lipinski definition) is 3. The Morgan fingerprint density at radius 3 is 2.54 bits per heavy atom. The van der Waals surface area contributed by atoms with Gasteiger partial charge in [-0.3, -0.25) is 4.79 Å². The number of ether oxygens (including phenoxy) is 1. The van der Waals surface area contributed by atoms with E-state index in [1.807, 2.05) is 55.5 Å². The third-order valence-electron chi connectivity index (χ3n) is 4.11. The number of unbranched alkanes of at least 4 members (excludes halogenated alkanes) is 4. The molecule has 0 aliphatic heterocycles. The molecule has 140 valence electrons. The fraction of sp³-hybridized carbons (Fsp3) is 0.409. The lowest BCUT2D eigenvalue weighted by Gasteiger charge is -2.10. The van der Waals surface area contributed by atoms with Gasteiger partial charge in [0.2, 0.25) is 5.91 Å². The van der Waals surface area contributed by atoms with E-state index in [0.717, 1.165) is 35.7 Å². The van der Waals surface area contributed by atoms with Gasteiger partial charge in [-0.25, -0.2) is 0 Å². The maximum Gasteiger partial charge on any atom is 0.243 e. The van der Waals surface area contributed by atoms with Crippen molar-refractivity contribution in [1.29, 1.82) is 0 Å². The van der Waals surface area contributed by atoms with E-state index >= 15 is 0 Å². The lowest BCUT2D eigenvalue weighted by molar-refractivity contribution is -0.114. The Kier molecular flexibility index (Phi) is 8.53. The molecule has 2 N–H and O–H groups in total. The second-order valence-corrected chi connectivity index (χ2v) is 6.56. The van der Waals surface area contributed by atoms with Crippen LogP contribution in [0.4, 0.5) is 11.4 Å². The van der Waals surface area contributed by atoms with Gasteiger partial charge in [-0.1, -0.05) is 50.8 Å². The summed E-state index contributed by atoms with van der Waals surface area (Å²) in [5.41, 5.74) is 2.86. The fourth-order valence-corrected chi connectivity index (χ4v) is 2.70. The Labute approximate surface area is 157 Å². The number of carbonyl (C=O) groups is 1. The number of carbonyl (C=O) groups excluding carboxylic acids is 1. The van der Waals surface area contributed by atoms with Crippen LogP contribution in [0.25, 0.3) is 0 Å². The van der Waals surface area contributed by atoms with Crippen LogP contribution in [0.5, 0.6) is 5.75 Å². The summed E-state index contributed by atoms with van der Waals surface area (Å²) in [7, 11) is 0. The van der Waals surface area contributed by atoms with Gasteiger partial charge in [-0.2, -0.15) is 0 Å². The molecule has 0 heterocycles. The smallest absolute Gasteiger partial charge is 0.243 e. The average molecular weight is 354 g/mol. The summed E-state index contributed by atoms with van der Waals surface area (Å²) in [4.78, 5) is 12.1. The minimum Gasteiger partial charge on any atom is -0.494 e. The summed E-state index contributed by atoms with van der Waals surface area (Å²) in [5.74, 6) is 0.716. The number of benzene rings is 2. The molecule has 0 saturated carbocycles. The molecule has 0 unspecified atom stereocenters. The first-order valence-corrected chi connectivity index (χ1v) is 9.50. The summed E-state index contributed by atoms with van der Waals surface area (Å²) < 4.78 is 5.78. The van der Waals surface area contributed by atoms with E-state index in [4.69, 9.17) is 4.74 Å². The van der Waals surface area contributed by atoms with E-state index < -0.39 is 0 Å². The zero-order chi connectivity index (χ0) is 18.6. The number of anilines is 2. The predicted octanol–water partition coefficient (Wildman–Crippen LogP) is 5.39. The van der Waals surface area contributed by atoms with Crippen molar-refractivity contribution in [3.8, 4) is 5.75 Å². The van der Waals surface area contributed by atoms with Crippen molar-refractivity contribution >= 4 is 17.3 Å². The van der Waals surface area contributed by atoms with Crippen LogP contribution in [-0.2, 0) is 4.79 Å². The number of rotatable bonds is 11. The Morgan fingerprint density at radius 1 is 0.962 bits per heavy atom. The first-order chi connectivity index (χ1) is 12.7. The molecule has 26 heavy (non-hydrogen) atoms. The van der Waals surface area contributed by atoms with Crippen molar-refractivity contribution in [2.45, 2.75) is 46.0 Å². The van der Waals surface area contributed by atoms with E-state index in [9.17, 15) is 4.79 Å². The molecule has 0 aliphatic rings. The molecule has 2 rings (SSSR count). The van der Waals surface area contributed by atoms with E-state index in [1.54, 1.807) is 0 Å². The van der Waals surface area contributed by atoms with E-state index in [-0.39, 0.29) is 12.5 Å². The first-order valence-electron chi connectivity index (χ1n) is 9.50. The summed E-state index contributed by atoms with van der Waals surface area (Å²) in [5, 5.41) is 6.04. The Bertz CT molecular complexity index is 685. The number of nitrogens with one attached hydrogen (secondary N) is 2. The Morgan fingerprint density at radius 2 is 1.73 bits per heavy atom. The second kappa shape index (κ2) is 11.2. The summed E-state index contributed by atoms with van der Waals surface area (Å²) in [6.07, 6.45) is 6.08. The molecular weight excluding hydrogens is 324 g/mol. The maximum absolute atomic E-state index is 12.1. The zero-order valence-corrected chi connectivity index (χ0v) is 15.9. The van der Waals surface area contributed by atoms with Gasteiger partial charge in [0.25, 0.3) is 0 Å². The minimum absolute atomic E-state index is 0.0804. The molecule has 0 fully saturated rings. The fourth-order valence-electron chi connectivity index (χ4n) is 2.70. The van der Waals surface area contributed by atoms with Gasteiger partial charge in [0.05, 0.1) is 13.2 Å². The molecule has 0 spiro atoms. The Hall–Kier alpha value is -2.49. The van der Waals surface area contributed by atoms with E-state index in [0.29, 0.717) is 0 Å². The van der Waals surface area contributed by atoms with Crippen LogP contribution in [0.1, 0.15) is 44.6 Å². The highest BCUT2D eigenvalue weighted by molar-refractivity contribution is 5.93. The van der Waals surface area contributed by atoms with Crippen LogP contribution in [-0.4, -0.2) is 19.1 Å². The monoisotopic (exact) mass is 354 g/mol. The van der Waals surface area contributed by atoms with Crippen LogP contribution >= 0.6 is 0 Å². The summed E-state index contributed by atoms with van der Waals surface area (Å²) >= 11 is 0. The van der Waals surface area contributed by atoms with Crippen molar-refractivity contribution in [3.63, 3.8) is 0 Å². The highest BCUT2D eigenvalue weighted by Gasteiger charge is 2.04. The van der Waals surface area contributed by atoms with Crippen molar-refractivity contribution in [3.05, 3.63) is 54.1 Å². The third-order valence-corrected chi connectivity index (χ3v) is 4.11. The van der Waals surface area contributed by atoms with Crippen LogP contribution in [0, 0.1) is 6.92 Å². The first kappa shape index (κ1) is 19.8. The molecular formula is C22H30N2O2. The average Bonchev–Trinajstić information content (AvgIpc) is 2.63. The van der Waals surface area contributed by atoms with E-state index in [2.05, 4.69) is 17.6 Å². The van der Waals surface area contributed by atoms with Crippen LogP contribution in [0.2, 0.25) is 0 Å². The van der Waals surface area contributed by atoms with Crippen molar-refractivity contribution in [1.82, 2.24) is 0 Å². The SMILES string of the molecule is CCCCCCCOc1cccc(NC(=O)CNc2cccc(C)c2)c1. The van der Waals surface area contributed by atoms with Gasteiger partial charge in [-0.05, 0) is 43.2 Å². The van der Waals surface area contributed by atoms with E-state index in [1.165, 1.54) is 25.7 Å². The highest BCUT2D eigenvalue weighted by atomic mass is 16.5. The molecule has 4 nitrogen and oxygen atoms in total. The Balaban J connectivity index is 1.73. The minimum atomic E-state index is -0.0804. The number of hydrogen-bond donors (Lipinski definition) is 2. The largest absolute Gasteiger partial charge is 0.494 e. The summed E-state index contributed by atoms with van der Waals surface area (Å²) in [6.45, 7) is 5.19. The van der Waals surface area contributed by atoms with Crippen molar-refractivity contribution < 1.29 is 9.53 Å². The van der Waals surface area contributed by atoms with Gasteiger partial charge >= 0.3 is 0 Å². The normalized spacial score (nSPS) is 10.4. The molecule has 2 aromatic carbocycles. The number of aryl methyl sites for hydroxylation is 1. The number of amides is 1.